The van der Waals surface area contributed by atoms with Gasteiger partial charge >= 0.3 is 5.95 Å². The molecule has 7 nitrogen and oxygen atoms in total. The van der Waals surface area contributed by atoms with Crippen molar-refractivity contribution in [3.8, 4) is 0 Å². The Kier molecular flexibility index (Phi) is 15.3. The van der Waals surface area contributed by atoms with Crippen LogP contribution in [0.4, 0.5) is 10.3 Å². The van der Waals surface area contributed by atoms with Gasteiger partial charge in [0.1, 0.15) is 5.82 Å². The summed E-state index contributed by atoms with van der Waals surface area (Å²) in [5, 5.41) is 2.26. The number of nitrogens with two attached hydrogens (primary N) is 1. The van der Waals surface area contributed by atoms with Gasteiger partial charge in [0.25, 0.3) is 0 Å². The van der Waals surface area contributed by atoms with Gasteiger partial charge in [0.15, 0.2) is 0 Å². The summed E-state index contributed by atoms with van der Waals surface area (Å²) in [6.07, 6.45) is 3.97. The van der Waals surface area contributed by atoms with E-state index < -0.39 is 0 Å². The van der Waals surface area contributed by atoms with E-state index in [1.54, 1.807) is 4.90 Å². The predicted octanol–water partition coefficient (Wildman–Crippen LogP) is -6.98. The van der Waals surface area contributed by atoms with Crippen molar-refractivity contribution in [3.63, 3.8) is 0 Å². The van der Waals surface area contributed by atoms with Gasteiger partial charge in [-0.2, -0.15) is 4.98 Å². The molecule has 0 saturated carbocycles. The number of para-hydroxylation sites is 2. The number of hydrogen-bond acceptors (Lipinski definition) is 1. The van der Waals surface area contributed by atoms with Crippen LogP contribution in [0.2, 0.25) is 0 Å². The van der Waals surface area contributed by atoms with Crippen LogP contribution in [0.15, 0.2) is 48.5 Å². The second-order valence-corrected chi connectivity index (χ2v) is 7.22. The molecular weight excluding hydrogens is 446 g/mol. The Labute approximate surface area is 194 Å². The average molecular weight is 479 g/mol. The van der Waals surface area contributed by atoms with E-state index in [0.29, 0.717) is 6.54 Å². The first kappa shape index (κ1) is 31.4. The lowest BCUT2D eigenvalue weighted by Gasteiger charge is -2.11. The van der Waals surface area contributed by atoms with Crippen molar-refractivity contribution in [2.45, 2.75) is 25.8 Å². The first-order valence-electron chi connectivity index (χ1n) is 9.66. The molecule has 10 heteroatoms. The van der Waals surface area contributed by atoms with E-state index in [2.05, 4.69) is 22.0 Å². The molecule has 9 N–H and O–H groups in total. The monoisotopic (exact) mass is 478 g/mol. The number of imidazole rings is 1. The highest BCUT2D eigenvalue weighted by Crippen LogP contribution is 2.18. The Morgan fingerprint density at radius 3 is 2.26 bits per heavy atom. The summed E-state index contributed by atoms with van der Waals surface area (Å²) in [5.41, 5.74) is 3.24. The van der Waals surface area contributed by atoms with Crippen LogP contribution >= 0.6 is 0 Å². The largest absolute Gasteiger partial charge is 1.00 e. The molecule has 2 aromatic carbocycles. The molecule has 1 fully saturated rings. The third kappa shape index (κ3) is 8.01. The Morgan fingerprint density at radius 1 is 0.935 bits per heavy atom. The third-order valence-corrected chi connectivity index (χ3v) is 5.31. The normalized spacial score (nSPS) is 12.7. The number of benzene rings is 2. The zero-order valence-corrected chi connectivity index (χ0v) is 18.9. The highest BCUT2D eigenvalue weighted by molar-refractivity contribution is 5.77. The number of likely N-dealkylation sites (tertiary alicyclic amines) is 1. The fourth-order valence-electron chi connectivity index (χ4n) is 3.90. The minimum absolute atomic E-state index is 0. The first-order valence-corrected chi connectivity index (χ1v) is 9.66. The molecule has 4 rings (SSSR count). The number of nitrogens with zero attached hydrogens (tertiary/aromatic N) is 2. The zero-order chi connectivity index (χ0) is 17.8. The molecule has 2 heterocycles. The zero-order valence-electron chi connectivity index (χ0n) is 17.4. The third-order valence-electron chi connectivity index (χ3n) is 5.31. The fourth-order valence-corrected chi connectivity index (χ4v) is 3.90. The molecule has 0 unspecified atom stereocenters. The van der Waals surface area contributed by atoms with E-state index >= 15 is 0 Å². The van der Waals surface area contributed by atoms with Crippen LogP contribution in [0.1, 0.15) is 24.8 Å². The molecule has 0 aliphatic carbocycles. The molecule has 176 valence electrons. The molecular formula is C21H33Cl2FN4O3. The summed E-state index contributed by atoms with van der Waals surface area (Å²) in [5.74, 6) is 0.826. The summed E-state index contributed by atoms with van der Waals surface area (Å²) in [6, 6.07) is 15.0. The molecule has 0 bridgehead atoms. The number of aromatic nitrogens is 2. The molecule has 0 spiro atoms. The van der Waals surface area contributed by atoms with Crippen LogP contribution in [0.5, 0.6) is 0 Å². The summed E-state index contributed by atoms with van der Waals surface area (Å²) in [7, 11) is 0. The highest BCUT2D eigenvalue weighted by Gasteiger charge is 2.17. The maximum Gasteiger partial charge on any atom is 0.307 e. The van der Waals surface area contributed by atoms with E-state index in [9.17, 15) is 4.39 Å². The van der Waals surface area contributed by atoms with Gasteiger partial charge < -0.3 is 46.1 Å². The highest BCUT2D eigenvalue weighted by atomic mass is 35.5. The quantitative estimate of drug-likeness (QED) is 0.321. The smallest absolute Gasteiger partial charge is 0.307 e. The molecule has 1 aliphatic heterocycles. The van der Waals surface area contributed by atoms with Crippen molar-refractivity contribution in [2.75, 3.05) is 26.2 Å². The molecule has 3 aromatic rings. The van der Waals surface area contributed by atoms with Gasteiger partial charge in [-0.25, -0.2) is 4.39 Å². The number of halogens is 3. The maximum atomic E-state index is 13.2. The van der Waals surface area contributed by atoms with E-state index in [4.69, 9.17) is 4.98 Å². The van der Waals surface area contributed by atoms with E-state index in [-0.39, 0.29) is 47.1 Å². The van der Waals surface area contributed by atoms with E-state index in [0.717, 1.165) is 29.1 Å². The van der Waals surface area contributed by atoms with Crippen LogP contribution < -0.4 is 35.0 Å². The molecule has 31 heavy (non-hydrogen) atoms. The van der Waals surface area contributed by atoms with Crippen molar-refractivity contribution in [2.24, 2.45) is 0 Å². The standard InChI is InChI=1S/C21H25FN4.2ClH.3H2O/c22-18-10-8-17(9-11-18)16-26-20-7-2-1-6-19(20)24-21(26)23-12-5-15-25-13-3-4-14-25;;;;;/h1-2,6-11H,3-5,12-16H2,(H,23,24);2*1H;3*1H2. The molecule has 0 atom stereocenters. The molecule has 1 aromatic heterocycles. The number of quaternary nitrogens is 2. The lowest BCUT2D eigenvalue weighted by molar-refractivity contribution is -0.888. The Hall–Kier alpha value is -1.78. The van der Waals surface area contributed by atoms with Crippen LogP contribution in [0, 0.1) is 5.82 Å². The second kappa shape index (κ2) is 15.1. The minimum atomic E-state index is -0.194. The molecule has 0 amide bonds. The van der Waals surface area contributed by atoms with Gasteiger partial charge in [-0.3, -0.25) is 9.88 Å². The number of rotatable bonds is 7. The maximum absolute atomic E-state index is 13.2. The Bertz CT molecular complexity index is 875. The molecule has 1 aliphatic rings. The van der Waals surface area contributed by atoms with Crippen molar-refractivity contribution in [1.82, 2.24) is 9.55 Å². The van der Waals surface area contributed by atoms with Crippen molar-refractivity contribution in [3.05, 3.63) is 59.9 Å². The number of nitrogens with one attached hydrogen (secondary N) is 1. The second-order valence-electron chi connectivity index (χ2n) is 7.22. The van der Waals surface area contributed by atoms with Gasteiger partial charge in [-0.15, -0.1) is 0 Å². The summed E-state index contributed by atoms with van der Waals surface area (Å²) >= 11 is 0. The lowest BCUT2D eigenvalue weighted by Crippen LogP contribution is -3.10. The summed E-state index contributed by atoms with van der Waals surface area (Å²) in [6.45, 7) is 5.70. The molecule has 0 radical (unpaired) electrons. The van der Waals surface area contributed by atoms with Crippen molar-refractivity contribution < 1.29 is 55.8 Å². The summed E-state index contributed by atoms with van der Waals surface area (Å²) in [4.78, 5) is 6.57. The summed E-state index contributed by atoms with van der Waals surface area (Å²) < 4.78 is 15.4. The fraction of sp³-hybridized carbons (Fsp3) is 0.381. The Balaban J connectivity index is 0. The van der Waals surface area contributed by atoms with E-state index in [1.807, 2.05) is 24.3 Å². The van der Waals surface area contributed by atoms with Gasteiger partial charge in [-0.05, 0) is 29.8 Å². The predicted molar refractivity (Wildman–Crippen MR) is 112 cm³/mol. The SMILES string of the molecule is Fc1ccc(Cn2c([NH2+]CCC[NH+]3CCCC3)nc3ccccc32)cc1.O.O.O.[Cl-].[Cl-]. The van der Waals surface area contributed by atoms with Crippen LogP contribution in [-0.4, -0.2) is 52.2 Å². The van der Waals surface area contributed by atoms with Crippen LogP contribution in [-0.2, 0) is 6.54 Å². The van der Waals surface area contributed by atoms with Crippen LogP contribution in [0.3, 0.4) is 0 Å². The average Bonchev–Trinajstić information content (AvgIpc) is 3.29. The van der Waals surface area contributed by atoms with Gasteiger partial charge in [0.2, 0.25) is 0 Å². The minimum Gasteiger partial charge on any atom is -1.00 e. The number of fused-ring (bicyclic) bond motifs is 1. The van der Waals surface area contributed by atoms with Gasteiger partial charge in [0.05, 0.1) is 43.8 Å². The van der Waals surface area contributed by atoms with Crippen LogP contribution in [0.25, 0.3) is 11.0 Å². The van der Waals surface area contributed by atoms with Crippen molar-refractivity contribution >= 4 is 17.0 Å². The molecule has 1 saturated heterocycles. The number of hydrogen-bond donors (Lipinski definition) is 2. The van der Waals surface area contributed by atoms with E-state index in [1.165, 1.54) is 51.0 Å². The first-order chi connectivity index (χ1) is 12.8. The Morgan fingerprint density at radius 2 is 1.58 bits per heavy atom. The van der Waals surface area contributed by atoms with Gasteiger partial charge in [-0.1, -0.05) is 24.3 Å². The van der Waals surface area contributed by atoms with Gasteiger partial charge in [0, 0.05) is 19.3 Å². The van der Waals surface area contributed by atoms with Crippen molar-refractivity contribution in [1.29, 1.82) is 0 Å². The lowest BCUT2D eigenvalue weighted by atomic mass is 10.2. The topological polar surface area (TPSA) is 133 Å².